The Hall–Kier alpha value is -3.91. The Balaban J connectivity index is 1.31. The number of ether oxygens (including phenoxy) is 1. The molecule has 5 rings (SSSR count). The Kier molecular flexibility index (Phi) is 8.12. The maximum absolute atomic E-state index is 13.3. The van der Waals surface area contributed by atoms with Gasteiger partial charge < -0.3 is 14.5 Å². The quantitative estimate of drug-likeness (QED) is 0.413. The van der Waals surface area contributed by atoms with Crippen molar-refractivity contribution in [2.75, 3.05) is 26.2 Å². The van der Waals surface area contributed by atoms with Gasteiger partial charge in [0.25, 0.3) is 0 Å². The maximum Gasteiger partial charge on any atom is 0.338 e. The molecule has 0 spiro atoms. The Labute approximate surface area is 228 Å². The number of fused-ring (bicyclic) bond motifs is 1. The van der Waals surface area contributed by atoms with E-state index in [1.54, 1.807) is 43.0 Å². The van der Waals surface area contributed by atoms with E-state index in [0.717, 1.165) is 38.9 Å². The summed E-state index contributed by atoms with van der Waals surface area (Å²) in [4.78, 5) is 43.8. The Morgan fingerprint density at radius 3 is 2.51 bits per heavy atom. The van der Waals surface area contributed by atoms with E-state index in [9.17, 15) is 14.4 Å². The Morgan fingerprint density at radius 1 is 1.05 bits per heavy atom. The van der Waals surface area contributed by atoms with E-state index in [-0.39, 0.29) is 29.2 Å². The third-order valence-electron chi connectivity index (χ3n) is 7.83. The molecule has 2 aromatic carbocycles. The highest BCUT2D eigenvalue weighted by Gasteiger charge is 2.38. The van der Waals surface area contributed by atoms with Gasteiger partial charge in [-0.1, -0.05) is 42.5 Å². The number of nitrogens with zero attached hydrogens (tertiary/aromatic N) is 2. The van der Waals surface area contributed by atoms with E-state index in [1.807, 2.05) is 6.07 Å². The summed E-state index contributed by atoms with van der Waals surface area (Å²) in [7, 11) is 0. The van der Waals surface area contributed by atoms with E-state index < -0.39 is 12.0 Å². The van der Waals surface area contributed by atoms with Crippen molar-refractivity contribution in [3.05, 3.63) is 93.5 Å². The average molecular weight is 530 g/mol. The van der Waals surface area contributed by atoms with Crippen LogP contribution in [0.4, 0.5) is 4.79 Å². The smallest absolute Gasteiger partial charge is 0.338 e. The first-order valence-electron chi connectivity index (χ1n) is 13.7. The van der Waals surface area contributed by atoms with Crippen LogP contribution in [0.15, 0.2) is 81.3 Å². The third-order valence-corrected chi connectivity index (χ3v) is 7.83. The van der Waals surface area contributed by atoms with Gasteiger partial charge in [0.1, 0.15) is 11.8 Å². The van der Waals surface area contributed by atoms with Crippen molar-refractivity contribution in [1.29, 1.82) is 0 Å². The normalized spacial score (nSPS) is 18.9. The molecular formula is C31H35N3O5. The van der Waals surface area contributed by atoms with E-state index in [2.05, 4.69) is 34.5 Å². The number of benzene rings is 2. The molecule has 1 aromatic heterocycles. The van der Waals surface area contributed by atoms with Crippen molar-refractivity contribution in [3.8, 4) is 0 Å². The van der Waals surface area contributed by atoms with Crippen molar-refractivity contribution in [2.24, 2.45) is 5.92 Å². The summed E-state index contributed by atoms with van der Waals surface area (Å²) in [6.45, 7) is 7.16. The van der Waals surface area contributed by atoms with E-state index in [4.69, 9.17) is 9.15 Å². The molecule has 1 N–H and O–H groups in total. The second-order valence-electron chi connectivity index (χ2n) is 10.3. The number of para-hydroxylation sites is 1. The topological polar surface area (TPSA) is 92.1 Å². The zero-order chi connectivity index (χ0) is 27.4. The molecule has 3 aromatic rings. The zero-order valence-corrected chi connectivity index (χ0v) is 22.5. The van der Waals surface area contributed by atoms with E-state index in [0.29, 0.717) is 29.1 Å². The van der Waals surface area contributed by atoms with Crippen molar-refractivity contribution < 1.29 is 18.7 Å². The van der Waals surface area contributed by atoms with Crippen molar-refractivity contribution in [3.63, 3.8) is 0 Å². The number of allylic oxidation sites excluding steroid dienone is 1. The summed E-state index contributed by atoms with van der Waals surface area (Å²) in [5, 5.41) is 3.28. The molecule has 0 aliphatic carbocycles. The van der Waals surface area contributed by atoms with E-state index in [1.165, 1.54) is 11.8 Å². The predicted molar refractivity (Wildman–Crippen MR) is 149 cm³/mol. The molecule has 1 saturated heterocycles. The number of nitrogens with one attached hydrogen (secondary N) is 1. The Morgan fingerprint density at radius 2 is 1.77 bits per heavy atom. The van der Waals surface area contributed by atoms with Gasteiger partial charge in [0, 0.05) is 18.8 Å². The van der Waals surface area contributed by atoms with Crippen LogP contribution in [0, 0.1) is 5.92 Å². The number of carbonyl (C=O) groups is 2. The summed E-state index contributed by atoms with van der Waals surface area (Å²) >= 11 is 0. The Bertz CT molecular complexity index is 1420. The van der Waals surface area contributed by atoms with Gasteiger partial charge in [-0.15, -0.1) is 0 Å². The minimum atomic E-state index is -0.949. The van der Waals surface area contributed by atoms with Gasteiger partial charge in [0.15, 0.2) is 5.43 Å². The number of hydrogen-bond acceptors (Lipinski definition) is 6. The maximum atomic E-state index is 13.3. The highest BCUT2D eigenvalue weighted by molar-refractivity contribution is 5.95. The molecule has 1 unspecified atom stereocenters. The lowest BCUT2D eigenvalue weighted by molar-refractivity contribution is -0.139. The van der Waals surface area contributed by atoms with Gasteiger partial charge >= 0.3 is 12.0 Å². The number of amides is 2. The summed E-state index contributed by atoms with van der Waals surface area (Å²) in [6, 6.07) is 16.1. The van der Waals surface area contributed by atoms with Crippen LogP contribution in [0.2, 0.25) is 0 Å². The first-order chi connectivity index (χ1) is 19.0. The number of likely N-dealkylation sites (tertiary alicyclic amines) is 1. The van der Waals surface area contributed by atoms with Crippen LogP contribution in [0.1, 0.15) is 50.3 Å². The van der Waals surface area contributed by atoms with Crippen LogP contribution in [-0.4, -0.2) is 48.0 Å². The highest BCUT2D eigenvalue weighted by atomic mass is 16.5. The van der Waals surface area contributed by atoms with Gasteiger partial charge in [0.2, 0.25) is 0 Å². The highest BCUT2D eigenvalue weighted by Crippen LogP contribution is 2.32. The molecule has 1 atom stereocenters. The molecular weight excluding hydrogens is 494 g/mol. The minimum Gasteiger partial charge on any atom is -0.464 e. The van der Waals surface area contributed by atoms with Gasteiger partial charge in [-0.05, 0) is 69.8 Å². The van der Waals surface area contributed by atoms with Crippen LogP contribution < -0.4 is 10.7 Å². The zero-order valence-electron chi connectivity index (χ0n) is 22.5. The fourth-order valence-electron chi connectivity index (χ4n) is 5.64. The average Bonchev–Trinajstić information content (AvgIpc) is 2.94. The van der Waals surface area contributed by atoms with Crippen LogP contribution in [0.25, 0.3) is 11.0 Å². The summed E-state index contributed by atoms with van der Waals surface area (Å²) in [5.74, 6) is -0.0549. The van der Waals surface area contributed by atoms with E-state index >= 15 is 0 Å². The standard InChI is InChI=1S/C31H35N3O5/c1-3-38-30(36)27-21(2)34(18-15-22-13-16-33(17-14-22)19-23-9-5-4-6-10-23)31(37)32-28(27)25-20-39-26-12-8-7-11-24(26)29(25)35/h4-12,20,22,28H,3,13-19H2,1-2H3,(H,32,37). The van der Waals surface area contributed by atoms with Gasteiger partial charge in [-0.2, -0.15) is 0 Å². The van der Waals surface area contributed by atoms with Crippen LogP contribution in [0.3, 0.4) is 0 Å². The van der Waals surface area contributed by atoms with Gasteiger partial charge in [-0.3, -0.25) is 14.6 Å². The minimum absolute atomic E-state index is 0.185. The SMILES string of the molecule is CCOC(=O)C1=C(C)N(CCC2CCN(Cc3ccccc3)CC2)C(=O)NC1c1coc2ccccc2c1=O. The number of piperidine rings is 1. The molecule has 2 aliphatic heterocycles. The first-order valence-corrected chi connectivity index (χ1v) is 13.7. The second kappa shape index (κ2) is 11.9. The molecule has 8 nitrogen and oxygen atoms in total. The molecule has 3 heterocycles. The molecule has 1 fully saturated rings. The van der Waals surface area contributed by atoms with Crippen LogP contribution in [-0.2, 0) is 16.1 Å². The third kappa shape index (κ3) is 5.76. The van der Waals surface area contributed by atoms with Gasteiger partial charge in [-0.25, -0.2) is 9.59 Å². The van der Waals surface area contributed by atoms with Crippen molar-refractivity contribution in [1.82, 2.24) is 15.1 Å². The fourth-order valence-corrected chi connectivity index (χ4v) is 5.64. The summed E-state index contributed by atoms with van der Waals surface area (Å²) in [6.07, 6.45) is 4.30. The lowest BCUT2D eigenvalue weighted by Crippen LogP contribution is -2.49. The number of esters is 1. The lowest BCUT2D eigenvalue weighted by atomic mass is 9.92. The molecule has 2 aliphatic rings. The molecule has 39 heavy (non-hydrogen) atoms. The molecule has 0 bridgehead atoms. The molecule has 8 heteroatoms. The monoisotopic (exact) mass is 529 g/mol. The summed E-state index contributed by atoms with van der Waals surface area (Å²) in [5.41, 5.74) is 2.46. The molecule has 0 saturated carbocycles. The largest absolute Gasteiger partial charge is 0.464 e. The predicted octanol–water partition coefficient (Wildman–Crippen LogP) is 5.00. The van der Waals surface area contributed by atoms with Crippen molar-refractivity contribution in [2.45, 2.75) is 45.7 Å². The summed E-state index contributed by atoms with van der Waals surface area (Å²) < 4.78 is 11.0. The van der Waals surface area contributed by atoms with Crippen LogP contribution in [0.5, 0.6) is 0 Å². The number of carbonyl (C=O) groups excluding carboxylic acids is 2. The first kappa shape index (κ1) is 26.7. The number of urea groups is 1. The van der Waals surface area contributed by atoms with Crippen molar-refractivity contribution >= 4 is 23.0 Å². The fraction of sp³-hybridized carbons (Fsp3) is 0.387. The number of hydrogen-bond donors (Lipinski definition) is 1. The van der Waals surface area contributed by atoms with Crippen LogP contribution >= 0.6 is 0 Å². The lowest BCUT2D eigenvalue weighted by Gasteiger charge is -2.37. The molecule has 0 radical (unpaired) electrons. The molecule has 204 valence electrons. The van der Waals surface area contributed by atoms with Gasteiger partial charge in [0.05, 0.1) is 29.2 Å². The number of rotatable bonds is 8. The molecule has 2 amide bonds. The second-order valence-corrected chi connectivity index (χ2v) is 10.3.